The molecule has 1 rings (SSSR count). The second kappa shape index (κ2) is 6.19. The van der Waals surface area contributed by atoms with E-state index in [1.165, 1.54) is 0 Å². The van der Waals surface area contributed by atoms with Crippen molar-refractivity contribution in [2.45, 2.75) is 6.92 Å². The number of likely N-dealkylation sites (N-methyl/N-ethyl adjacent to an activating group) is 2. The van der Waals surface area contributed by atoms with Gasteiger partial charge in [0, 0.05) is 32.4 Å². The predicted molar refractivity (Wildman–Crippen MR) is 60.4 cm³/mol. The van der Waals surface area contributed by atoms with Crippen molar-refractivity contribution in [1.29, 1.82) is 0 Å². The predicted octanol–water partition coefficient (Wildman–Crippen LogP) is 0.531. The minimum atomic E-state index is 0.593. The molecule has 0 fully saturated rings. The van der Waals surface area contributed by atoms with Crippen LogP contribution in [0.4, 0.5) is 5.95 Å². The van der Waals surface area contributed by atoms with Crippen LogP contribution in [0.5, 0.6) is 5.88 Å². The summed E-state index contributed by atoms with van der Waals surface area (Å²) in [5.41, 5.74) is 0. The Hall–Kier alpha value is -1.36. The van der Waals surface area contributed by atoms with Crippen LogP contribution >= 0.6 is 0 Å². The second-order valence-corrected chi connectivity index (χ2v) is 3.17. The van der Waals surface area contributed by atoms with Crippen molar-refractivity contribution < 1.29 is 4.74 Å². The van der Waals surface area contributed by atoms with Gasteiger partial charge >= 0.3 is 0 Å². The summed E-state index contributed by atoms with van der Waals surface area (Å²) in [4.78, 5) is 10.4. The number of nitrogens with one attached hydrogen (secondary N) is 1. The average molecular weight is 210 g/mol. The minimum absolute atomic E-state index is 0.593. The lowest BCUT2D eigenvalue weighted by Crippen LogP contribution is -2.30. The highest BCUT2D eigenvalue weighted by Crippen LogP contribution is 2.09. The van der Waals surface area contributed by atoms with Gasteiger partial charge in [0.25, 0.3) is 0 Å². The summed E-state index contributed by atoms with van der Waals surface area (Å²) in [5.74, 6) is 1.28. The summed E-state index contributed by atoms with van der Waals surface area (Å²) in [6.07, 6.45) is 1.70. The maximum atomic E-state index is 5.04. The number of ether oxygens (including phenoxy) is 1. The number of anilines is 1. The van der Waals surface area contributed by atoms with Gasteiger partial charge in [0.2, 0.25) is 11.8 Å². The van der Waals surface area contributed by atoms with Gasteiger partial charge in [0.15, 0.2) is 0 Å². The van der Waals surface area contributed by atoms with E-state index in [0.29, 0.717) is 11.8 Å². The van der Waals surface area contributed by atoms with Crippen LogP contribution in [-0.4, -0.2) is 43.8 Å². The number of nitrogens with zero attached hydrogens (tertiary/aromatic N) is 3. The number of rotatable bonds is 6. The Labute approximate surface area is 90.5 Å². The molecular formula is C10H18N4O. The van der Waals surface area contributed by atoms with E-state index in [0.717, 1.165) is 19.6 Å². The summed E-state index contributed by atoms with van der Waals surface area (Å²) < 4.78 is 5.04. The van der Waals surface area contributed by atoms with Crippen LogP contribution < -0.4 is 15.0 Å². The molecule has 0 spiro atoms. The van der Waals surface area contributed by atoms with Gasteiger partial charge < -0.3 is 15.0 Å². The minimum Gasteiger partial charge on any atom is -0.481 e. The van der Waals surface area contributed by atoms with Gasteiger partial charge in [-0.1, -0.05) is 6.92 Å². The fourth-order valence-electron chi connectivity index (χ4n) is 1.15. The number of hydrogen-bond donors (Lipinski definition) is 1. The first kappa shape index (κ1) is 11.7. The quantitative estimate of drug-likeness (QED) is 0.694. The molecule has 0 atom stereocenters. The Morgan fingerprint density at radius 2 is 2.33 bits per heavy atom. The highest BCUT2D eigenvalue weighted by Gasteiger charge is 2.04. The first-order chi connectivity index (χ1) is 7.27. The molecule has 0 aliphatic heterocycles. The van der Waals surface area contributed by atoms with Crippen molar-refractivity contribution in [1.82, 2.24) is 15.3 Å². The van der Waals surface area contributed by atoms with Gasteiger partial charge in [-0.05, 0) is 6.54 Å². The van der Waals surface area contributed by atoms with E-state index in [1.54, 1.807) is 19.4 Å². The summed E-state index contributed by atoms with van der Waals surface area (Å²) in [5, 5.41) is 3.25. The molecule has 15 heavy (non-hydrogen) atoms. The molecule has 0 saturated carbocycles. The maximum absolute atomic E-state index is 5.04. The Bertz CT molecular complexity index is 293. The molecule has 5 nitrogen and oxygen atoms in total. The van der Waals surface area contributed by atoms with Crippen molar-refractivity contribution in [3.63, 3.8) is 0 Å². The zero-order valence-corrected chi connectivity index (χ0v) is 9.53. The fraction of sp³-hybridized carbons (Fsp3) is 0.600. The summed E-state index contributed by atoms with van der Waals surface area (Å²) >= 11 is 0. The van der Waals surface area contributed by atoms with E-state index in [2.05, 4.69) is 22.2 Å². The van der Waals surface area contributed by atoms with E-state index < -0.39 is 0 Å². The molecular weight excluding hydrogens is 192 g/mol. The molecule has 1 N–H and O–H groups in total. The maximum Gasteiger partial charge on any atom is 0.228 e. The van der Waals surface area contributed by atoms with E-state index in [-0.39, 0.29) is 0 Å². The molecule has 0 aliphatic rings. The molecule has 84 valence electrons. The molecule has 1 heterocycles. The lowest BCUT2D eigenvalue weighted by molar-refractivity contribution is 0.397. The topological polar surface area (TPSA) is 50.3 Å². The Morgan fingerprint density at radius 3 is 3.00 bits per heavy atom. The number of methoxy groups -OCH3 is 1. The van der Waals surface area contributed by atoms with Crippen LogP contribution in [0.3, 0.4) is 0 Å². The van der Waals surface area contributed by atoms with E-state index in [9.17, 15) is 0 Å². The molecule has 0 amide bonds. The van der Waals surface area contributed by atoms with Gasteiger partial charge in [-0.3, -0.25) is 0 Å². The summed E-state index contributed by atoms with van der Waals surface area (Å²) in [7, 11) is 3.57. The molecule has 0 saturated heterocycles. The average Bonchev–Trinajstić information content (AvgIpc) is 2.29. The Kier molecular flexibility index (Phi) is 4.83. The summed E-state index contributed by atoms with van der Waals surface area (Å²) in [6.45, 7) is 4.86. The van der Waals surface area contributed by atoms with E-state index >= 15 is 0 Å². The lowest BCUT2D eigenvalue weighted by Gasteiger charge is -2.17. The van der Waals surface area contributed by atoms with Gasteiger partial charge in [-0.2, -0.15) is 4.98 Å². The van der Waals surface area contributed by atoms with Crippen molar-refractivity contribution in [2.24, 2.45) is 0 Å². The van der Waals surface area contributed by atoms with Crippen LogP contribution in [0.1, 0.15) is 6.92 Å². The number of hydrogen-bond acceptors (Lipinski definition) is 5. The molecule has 0 bridgehead atoms. The third-order valence-electron chi connectivity index (χ3n) is 2.04. The summed E-state index contributed by atoms with van der Waals surface area (Å²) in [6, 6.07) is 1.74. The molecule has 1 aromatic heterocycles. The molecule has 0 radical (unpaired) electrons. The highest BCUT2D eigenvalue weighted by molar-refractivity contribution is 5.30. The van der Waals surface area contributed by atoms with Crippen molar-refractivity contribution in [3.8, 4) is 5.88 Å². The lowest BCUT2D eigenvalue weighted by atomic mass is 10.5. The molecule has 1 aromatic rings. The van der Waals surface area contributed by atoms with Crippen LogP contribution in [0.2, 0.25) is 0 Å². The third-order valence-corrected chi connectivity index (χ3v) is 2.04. The normalized spacial score (nSPS) is 10.1. The second-order valence-electron chi connectivity index (χ2n) is 3.17. The van der Waals surface area contributed by atoms with Gasteiger partial charge in [0.1, 0.15) is 0 Å². The van der Waals surface area contributed by atoms with Crippen LogP contribution in [0.15, 0.2) is 12.3 Å². The Balaban J connectivity index is 2.52. The van der Waals surface area contributed by atoms with Crippen LogP contribution in [0.25, 0.3) is 0 Å². The zero-order chi connectivity index (χ0) is 11.1. The van der Waals surface area contributed by atoms with Crippen molar-refractivity contribution in [2.75, 3.05) is 38.7 Å². The third kappa shape index (κ3) is 3.71. The van der Waals surface area contributed by atoms with Gasteiger partial charge in [0.05, 0.1) is 7.11 Å². The zero-order valence-electron chi connectivity index (χ0n) is 9.53. The van der Waals surface area contributed by atoms with Crippen LogP contribution in [0, 0.1) is 0 Å². The Morgan fingerprint density at radius 1 is 1.53 bits per heavy atom. The highest BCUT2D eigenvalue weighted by atomic mass is 16.5. The van der Waals surface area contributed by atoms with E-state index in [1.807, 2.05) is 11.9 Å². The number of aromatic nitrogens is 2. The fourth-order valence-corrected chi connectivity index (χ4v) is 1.15. The largest absolute Gasteiger partial charge is 0.481 e. The smallest absolute Gasteiger partial charge is 0.228 e. The molecule has 0 aliphatic carbocycles. The van der Waals surface area contributed by atoms with Gasteiger partial charge in [-0.15, -0.1) is 0 Å². The first-order valence-electron chi connectivity index (χ1n) is 5.06. The molecule has 5 heteroatoms. The van der Waals surface area contributed by atoms with Crippen molar-refractivity contribution in [3.05, 3.63) is 12.3 Å². The monoisotopic (exact) mass is 210 g/mol. The standard InChI is InChI=1S/C10H18N4O/c1-4-11-7-8-14(2)10-12-6-5-9(13-10)15-3/h5-6,11H,4,7-8H2,1-3H3. The molecule has 0 aromatic carbocycles. The first-order valence-corrected chi connectivity index (χ1v) is 5.06. The van der Waals surface area contributed by atoms with Crippen LogP contribution in [-0.2, 0) is 0 Å². The molecule has 0 unspecified atom stereocenters. The van der Waals surface area contributed by atoms with Gasteiger partial charge in [-0.25, -0.2) is 4.98 Å². The van der Waals surface area contributed by atoms with E-state index in [4.69, 9.17) is 4.74 Å². The SMILES string of the molecule is CCNCCN(C)c1nccc(OC)n1. The van der Waals surface area contributed by atoms with Crippen molar-refractivity contribution >= 4 is 5.95 Å².